The number of carboxylic acids is 1. The van der Waals surface area contributed by atoms with Gasteiger partial charge in [0.15, 0.2) is 0 Å². The van der Waals surface area contributed by atoms with Crippen molar-refractivity contribution in [2.75, 3.05) is 33.2 Å². The lowest BCUT2D eigenvalue weighted by molar-refractivity contribution is -0.150. The third-order valence-corrected chi connectivity index (χ3v) is 4.86. The molecule has 0 radical (unpaired) electrons. The van der Waals surface area contributed by atoms with Crippen molar-refractivity contribution in [3.8, 4) is 0 Å². The Hall–Kier alpha value is -1.30. The smallest absolute Gasteiger partial charge is 0.329 e. The molecule has 6 heteroatoms. The Morgan fingerprint density at radius 1 is 1.29 bits per heavy atom. The van der Waals surface area contributed by atoms with Gasteiger partial charge in [0.2, 0.25) is 0 Å². The molecule has 0 spiro atoms. The van der Waals surface area contributed by atoms with Crippen LogP contribution in [0.3, 0.4) is 0 Å². The van der Waals surface area contributed by atoms with Crippen molar-refractivity contribution in [2.45, 2.75) is 44.6 Å². The molecule has 2 aliphatic rings. The zero-order valence-corrected chi connectivity index (χ0v) is 13.1. The van der Waals surface area contributed by atoms with Gasteiger partial charge in [-0.15, -0.1) is 0 Å². The number of rotatable bonds is 3. The van der Waals surface area contributed by atoms with Crippen molar-refractivity contribution in [3.63, 3.8) is 0 Å². The second kappa shape index (κ2) is 6.64. The summed E-state index contributed by atoms with van der Waals surface area (Å²) < 4.78 is 0. The summed E-state index contributed by atoms with van der Waals surface area (Å²) in [6, 6.07) is -0.0968. The zero-order chi connectivity index (χ0) is 15.5. The van der Waals surface area contributed by atoms with Crippen LogP contribution in [0, 0.1) is 5.92 Å². The van der Waals surface area contributed by atoms with Crippen molar-refractivity contribution >= 4 is 12.0 Å². The fourth-order valence-electron chi connectivity index (χ4n) is 3.51. The summed E-state index contributed by atoms with van der Waals surface area (Å²) in [6.45, 7) is 4.60. The van der Waals surface area contributed by atoms with E-state index >= 15 is 0 Å². The largest absolute Gasteiger partial charge is 0.480 e. The maximum atomic E-state index is 12.8. The normalized spacial score (nSPS) is 30.3. The minimum Gasteiger partial charge on any atom is -0.480 e. The molecule has 2 rings (SSSR count). The van der Waals surface area contributed by atoms with E-state index < -0.39 is 11.5 Å². The number of aliphatic carboxylic acids is 1. The minimum absolute atomic E-state index is 0.0968. The highest BCUT2D eigenvalue weighted by atomic mass is 16.4. The fourth-order valence-corrected chi connectivity index (χ4v) is 3.51. The lowest BCUT2D eigenvalue weighted by Gasteiger charge is -2.45. The third-order valence-electron chi connectivity index (χ3n) is 4.86. The van der Waals surface area contributed by atoms with E-state index in [4.69, 9.17) is 0 Å². The molecule has 6 nitrogen and oxygen atoms in total. The van der Waals surface area contributed by atoms with Crippen LogP contribution in [-0.2, 0) is 4.79 Å². The van der Waals surface area contributed by atoms with Gasteiger partial charge in [0, 0.05) is 19.6 Å². The second-order valence-corrected chi connectivity index (χ2v) is 6.48. The molecule has 0 aromatic rings. The average molecular weight is 297 g/mol. The first kappa shape index (κ1) is 16.1. The molecule has 2 unspecified atom stereocenters. The van der Waals surface area contributed by atoms with E-state index in [0.29, 0.717) is 18.9 Å². The van der Waals surface area contributed by atoms with Crippen LogP contribution in [0.4, 0.5) is 4.79 Å². The summed E-state index contributed by atoms with van der Waals surface area (Å²) in [7, 11) is 1.92. The van der Waals surface area contributed by atoms with E-state index in [9.17, 15) is 14.7 Å². The summed E-state index contributed by atoms with van der Waals surface area (Å²) >= 11 is 0. The van der Waals surface area contributed by atoms with E-state index in [2.05, 4.69) is 5.32 Å². The predicted molar refractivity (Wildman–Crippen MR) is 80.2 cm³/mol. The fraction of sp³-hybridized carbons (Fsp3) is 0.867. The highest BCUT2D eigenvalue weighted by molar-refractivity contribution is 5.86. The van der Waals surface area contributed by atoms with Crippen molar-refractivity contribution in [2.24, 2.45) is 5.92 Å². The minimum atomic E-state index is -1.05. The zero-order valence-electron chi connectivity index (χ0n) is 13.1. The SMILES string of the molecule is CNCC1CCCN(C(=O)N2CCCCC2(C)C(=O)O)C1. The molecule has 0 aromatic carbocycles. The molecule has 2 aliphatic heterocycles. The van der Waals surface area contributed by atoms with Crippen LogP contribution in [0.2, 0.25) is 0 Å². The summed E-state index contributed by atoms with van der Waals surface area (Å²) in [5.41, 5.74) is -1.05. The van der Waals surface area contributed by atoms with Crippen LogP contribution in [-0.4, -0.2) is 65.7 Å². The Morgan fingerprint density at radius 3 is 2.71 bits per heavy atom. The molecule has 2 fully saturated rings. The van der Waals surface area contributed by atoms with Crippen LogP contribution >= 0.6 is 0 Å². The standard InChI is InChI=1S/C15H27N3O3/c1-15(13(19)20)7-3-4-9-18(15)14(21)17-8-5-6-12(11-17)10-16-2/h12,16H,3-11H2,1-2H3,(H,19,20). The van der Waals surface area contributed by atoms with Gasteiger partial charge in [-0.05, 0) is 58.5 Å². The number of urea groups is 1. The lowest BCUT2D eigenvalue weighted by atomic mass is 9.88. The third kappa shape index (κ3) is 3.31. The summed E-state index contributed by atoms with van der Waals surface area (Å²) in [4.78, 5) is 27.8. The van der Waals surface area contributed by atoms with Crippen LogP contribution < -0.4 is 5.32 Å². The van der Waals surface area contributed by atoms with E-state index in [1.54, 1.807) is 11.8 Å². The number of carbonyl (C=O) groups is 2. The van der Waals surface area contributed by atoms with Gasteiger partial charge < -0.3 is 20.2 Å². The Bertz CT molecular complexity index is 400. The van der Waals surface area contributed by atoms with Crippen LogP contribution in [0.5, 0.6) is 0 Å². The van der Waals surface area contributed by atoms with Crippen LogP contribution in [0.15, 0.2) is 0 Å². The maximum absolute atomic E-state index is 12.8. The number of amides is 2. The summed E-state index contributed by atoms with van der Waals surface area (Å²) in [6.07, 6.45) is 4.43. The summed E-state index contributed by atoms with van der Waals surface area (Å²) in [5, 5.41) is 12.7. The predicted octanol–water partition coefficient (Wildman–Crippen LogP) is 1.37. The van der Waals surface area contributed by atoms with Gasteiger partial charge in [-0.25, -0.2) is 9.59 Å². The average Bonchev–Trinajstić information content (AvgIpc) is 2.47. The van der Waals surface area contributed by atoms with Gasteiger partial charge in [-0.1, -0.05) is 0 Å². The quantitative estimate of drug-likeness (QED) is 0.825. The molecular weight excluding hydrogens is 270 g/mol. The number of carbonyl (C=O) groups excluding carboxylic acids is 1. The molecule has 2 saturated heterocycles. The topological polar surface area (TPSA) is 72.9 Å². The van der Waals surface area contributed by atoms with Crippen LogP contribution in [0.25, 0.3) is 0 Å². The first-order valence-corrected chi connectivity index (χ1v) is 7.93. The van der Waals surface area contributed by atoms with Gasteiger partial charge in [-0.3, -0.25) is 0 Å². The Kier molecular flexibility index (Phi) is 5.08. The van der Waals surface area contributed by atoms with E-state index in [1.807, 2.05) is 11.9 Å². The number of hydrogen-bond donors (Lipinski definition) is 2. The molecule has 21 heavy (non-hydrogen) atoms. The molecule has 120 valence electrons. The number of nitrogens with one attached hydrogen (secondary N) is 1. The molecule has 0 bridgehead atoms. The Labute approximate surface area is 126 Å². The Morgan fingerprint density at radius 2 is 2.05 bits per heavy atom. The molecular formula is C15H27N3O3. The maximum Gasteiger partial charge on any atom is 0.329 e. The number of piperidine rings is 2. The molecule has 0 aromatic heterocycles. The first-order valence-electron chi connectivity index (χ1n) is 7.93. The van der Waals surface area contributed by atoms with Crippen molar-refractivity contribution in [3.05, 3.63) is 0 Å². The summed E-state index contributed by atoms with van der Waals surface area (Å²) in [5.74, 6) is -0.423. The first-order chi connectivity index (χ1) is 9.99. The monoisotopic (exact) mass is 297 g/mol. The highest BCUT2D eigenvalue weighted by Crippen LogP contribution is 2.30. The Balaban J connectivity index is 2.08. The molecule has 2 atom stereocenters. The van der Waals surface area contributed by atoms with Gasteiger partial charge in [0.05, 0.1) is 0 Å². The highest BCUT2D eigenvalue weighted by Gasteiger charge is 2.45. The van der Waals surface area contributed by atoms with Gasteiger partial charge in [0.1, 0.15) is 5.54 Å². The molecule has 2 N–H and O–H groups in total. The number of carboxylic acid groups (broad SMARTS) is 1. The molecule has 2 heterocycles. The lowest BCUT2D eigenvalue weighted by Crippen LogP contribution is -2.61. The molecule has 2 amide bonds. The van der Waals surface area contributed by atoms with Crippen LogP contribution in [0.1, 0.15) is 39.0 Å². The number of nitrogens with zero attached hydrogens (tertiary/aromatic N) is 2. The molecule has 0 aliphatic carbocycles. The van der Waals surface area contributed by atoms with Gasteiger partial charge in [0.25, 0.3) is 0 Å². The second-order valence-electron chi connectivity index (χ2n) is 6.48. The number of likely N-dealkylation sites (tertiary alicyclic amines) is 2. The van der Waals surface area contributed by atoms with Crippen molar-refractivity contribution in [1.82, 2.24) is 15.1 Å². The number of hydrogen-bond acceptors (Lipinski definition) is 3. The van der Waals surface area contributed by atoms with E-state index in [1.165, 1.54) is 0 Å². The van der Waals surface area contributed by atoms with Gasteiger partial charge >= 0.3 is 12.0 Å². The molecule has 0 saturated carbocycles. The van der Waals surface area contributed by atoms with Crippen molar-refractivity contribution < 1.29 is 14.7 Å². The van der Waals surface area contributed by atoms with Gasteiger partial charge in [-0.2, -0.15) is 0 Å². The van der Waals surface area contributed by atoms with E-state index in [-0.39, 0.29) is 6.03 Å². The van der Waals surface area contributed by atoms with E-state index in [0.717, 1.165) is 45.3 Å². The van der Waals surface area contributed by atoms with Crippen molar-refractivity contribution in [1.29, 1.82) is 0 Å².